The van der Waals surface area contributed by atoms with E-state index in [9.17, 15) is 4.39 Å². The number of hydrogen-bond acceptors (Lipinski definition) is 1. The zero-order valence-electron chi connectivity index (χ0n) is 7.80. The Labute approximate surface area is 73.9 Å². The Kier molecular flexibility index (Phi) is 2.35. The number of nitrogens with zero attached hydrogens (tertiary/aromatic N) is 1. The maximum absolute atomic E-state index is 13.0. The second-order valence-electron chi connectivity index (χ2n) is 4.22. The summed E-state index contributed by atoms with van der Waals surface area (Å²) in [6, 6.07) is 0.759. The first-order valence-electron chi connectivity index (χ1n) is 5.19. The lowest BCUT2D eigenvalue weighted by Gasteiger charge is -2.45. The Balaban J connectivity index is 1.77. The van der Waals surface area contributed by atoms with Crippen molar-refractivity contribution in [3.05, 3.63) is 0 Å². The molecule has 1 nitrogen and oxygen atoms in total. The van der Waals surface area contributed by atoms with Crippen LogP contribution in [0.3, 0.4) is 0 Å². The summed E-state index contributed by atoms with van der Waals surface area (Å²) in [5, 5.41) is 0. The highest BCUT2D eigenvalue weighted by Crippen LogP contribution is 2.38. The van der Waals surface area contributed by atoms with E-state index in [4.69, 9.17) is 0 Å². The van der Waals surface area contributed by atoms with E-state index in [1.807, 2.05) is 6.92 Å². The molecule has 3 unspecified atom stereocenters. The van der Waals surface area contributed by atoms with Crippen molar-refractivity contribution in [3.63, 3.8) is 0 Å². The fraction of sp³-hybridized carbons (Fsp3) is 1.00. The molecule has 3 atom stereocenters. The van der Waals surface area contributed by atoms with E-state index in [1.54, 1.807) is 0 Å². The molecule has 1 saturated carbocycles. The number of likely N-dealkylation sites (tertiary alicyclic amines) is 1. The molecule has 12 heavy (non-hydrogen) atoms. The number of rotatable bonds is 3. The standard InChI is InChI=1S/C10H18FN/c1-2-9(11)7-12-6-8-4-3-5-10(8)12/h8-10H,2-7H2,1H3. The normalized spacial score (nSPS) is 37.5. The third-order valence-electron chi connectivity index (χ3n) is 3.43. The van der Waals surface area contributed by atoms with Crippen molar-refractivity contribution in [2.45, 2.75) is 44.8 Å². The summed E-state index contributed by atoms with van der Waals surface area (Å²) >= 11 is 0. The van der Waals surface area contributed by atoms with Crippen LogP contribution >= 0.6 is 0 Å². The molecule has 2 aliphatic rings. The molecule has 1 aliphatic heterocycles. The lowest BCUT2D eigenvalue weighted by molar-refractivity contribution is 0.0163. The van der Waals surface area contributed by atoms with Crippen LogP contribution in [0.1, 0.15) is 32.6 Å². The maximum atomic E-state index is 13.0. The Morgan fingerprint density at radius 3 is 3.00 bits per heavy atom. The van der Waals surface area contributed by atoms with Gasteiger partial charge in [-0.05, 0) is 25.2 Å². The van der Waals surface area contributed by atoms with E-state index in [2.05, 4.69) is 4.90 Å². The van der Waals surface area contributed by atoms with E-state index >= 15 is 0 Å². The average Bonchev–Trinajstić information content (AvgIpc) is 2.42. The van der Waals surface area contributed by atoms with Gasteiger partial charge in [0.05, 0.1) is 0 Å². The number of fused-ring (bicyclic) bond motifs is 1. The Hall–Kier alpha value is -0.110. The van der Waals surface area contributed by atoms with Gasteiger partial charge in [0.1, 0.15) is 6.17 Å². The quantitative estimate of drug-likeness (QED) is 0.629. The van der Waals surface area contributed by atoms with Crippen molar-refractivity contribution in [1.82, 2.24) is 4.90 Å². The fourth-order valence-corrected chi connectivity index (χ4v) is 2.60. The van der Waals surface area contributed by atoms with Gasteiger partial charge in [-0.1, -0.05) is 13.3 Å². The first kappa shape index (κ1) is 8.49. The molecular formula is C10H18FN. The topological polar surface area (TPSA) is 3.24 Å². The van der Waals surface area contributed by atoms with E-state index < -0.39 is 6.17 Å². The van der Waals surface area contributed by atoms with Crippen LogP contribution in [0.5, 0.6) is 0 Å². The summed E-state index contributed by atoms with van der Waals surface area (Å²) in [5.41, 5.74) is 0. The van der Waals surface area contributed by atoms with Crippen LogP contribution in [0.25, 0.3) is 0 Å². The van der Waals surface area contributed by atoms with Crippen LogP contribution in [-0.4, -0.2) is 30.2 Å². The van der Waals surface area contributed by atoms with Crippen molar-refractivity contribution < 1.29 is 4.39 Å². The molecule has 2 heteroatoms. The molecule has 0 aromatic carbocycles. The summed E-state index contributed by atoms with van der Waals surface area (Å²) in [6.07, 6.45) is 4.17. The number of alkyl halides is 1. The molecule has 0 spiro atoms. The van der Waals surface area contributed by atoms with Crippen LogP contribution in [-0.2, 0) is 0 Å². The van der Waals surface area contributed by atoms with Gasteiger partial charge < -0.3 is 0 Å². The van der Waals surface area contributed by atoms with Crippen LogP contribution in [0.4, 0.5) is 4.39 Å². The average molecular weight is 171 g/mol. The molecule has 70 valence electrons. The van der Waals surface area contributed by atoms with Gasteiger partial charge in [0.15, 0.2) is 0 Å². The monoisotopic (exact) mass is 171 g/mol. The minimum Gasteiger partial charge on any atom is -0.297 e. The lowest BCUT2D eigenvalue weighted by Crippen LogP contribution is -2.54. The molecule has 0 amide bonds. The lowest BCUT2D eigenvalue weighted by atomic mass is 9.91. The third kappa shape index (κ3) is 1.37. The summed E-state index contributed by atoms with van der Waals surface area (Å²) < 4.78 is 13.0. The van der Waals surface area contributed by atoms with Crippen molar-refractivity contribution in [2.24, 2.45) is 5.92 Å². The molecule has 0 aromatic heterocycles. The van der Waals surface area contributed by atoms with E-state index in [0.29, 0.717) is 13.0 Å². The predicted molar refractivity (Wildman–Crippen MR) is 47.9 cm³/mol. The number of halogens is 1. The molecule has 0 radical (unpaired) electrons. The summed E-state index contributed by atoms with van der Waals surface area (Å²) in [4.78, 5) is 2.34. The van der Waals surface area contributed by atoms with Crippen LogP contribution in [0, 0.1) is 5.92 Å². The van der Waals surface area contributed by atoms with Crippen LogP contribution in [0.2, 0.25) is 0 Å². The third-order valence-corrected chi connectivity index (χ3v) is 3.43. The highest BCUT2D eigenvalue weighted by molar-refractivity contribution is 4.96. The molecule has 0 bridgehead atoms. The van der Waals surface area contributed by atoms with E-state index in [-0.39, 0.29) is 0 Å². The zero-order chi connectivity index (χ0) is 8.55. The van der Waals surface area contributed by atoms with Gasteiger partial charge in [-0.15, -0.1) is 0 Å². The van der Waals surface area contributed by atoms with Crippen molar-refractivity contribution >= 4 is 0 Å². The van der Waals surface area contributed by atoms with Gasteiger partial charge in [0.2, 0.25) is 0 Å². The highest BCUT2D eigenvalue weighted by Gasteiger charge is 2.42. The predicted octanol–water partition coefficient (Wildman–Crippen LogP) is 2.22. The first-order valence-corrected chi connectivity index (χ1v) is 5.19. The second kappa shape index (κ2) is 3.33. The van der Waals surface area contributed by atoms with Gasteiger partial charge in [0, 0.05) is 19.1 Å². The van der Waals surface area contributed by atoms with Crippen LogP contribution in [0.15, 0.2) is 0 Å². The fourth-order valence-electron chi connectivity index (χ4n) is 2.60. The molecular weight excluding hydrogens is 153 g/mol. The smallest absolute Gasteiger partial charge is 0.112 e. The van der Waals surface area contributed by atoms with Crippen molar-refractivity contribution in [1.29, 1.82) is 0 Å². The van der Waals surface area contributed by atoms with Crippen molar-refractivity contribution in [2.75, 3.05) is 13.1 Å². The Morgan fingerprint density at radius 2 is 2.33 bits per heavy atom. The van der Waals surface area contributed by atoms with E-state index in [1.165, 1.54) is 25.8 Å². The maximum Gasteiger partial charge on any atom is 0.112 e. The summed E-state index contributed by atoms with van der Waals surface area (Å²) in [7, 11) is 0. The van der Waals surface area contributed by atoms with Gasteiger partial charge in [-0.2, -0.15) is 0 Å². The molecule has 2 rings (SSSR count). The summed E-state index contributed by atoms with van der Waals surface area (Å²) in [6.45, 7) is 3.79. The number of hydrogen-bond donors (Lipinski definition) is 0. The van der Waals surface area contributed by atoms with Crippen LogP contribution < -0.4 is 0 Å². The first-order chi connectivity index (χ1) is 5.81. The molecule has 0 N–H and O–H groups in total. The minimum atomic E-state index is -0.591. The highest BCUT2D eigenvalue weighted by atomic mass is 19.1. The Morgan fingerprint density at radius 1 is 1.50 bits per heavy atom. The SMILES string of the molecule is CCC(F)CN1CC2CCCC21. The molecule has 1 saturated heterocycles. The summed E-state index contributed by atoms with van der Waals surface area (Å²) in [5.74, 6) is 0.925. The molecule has 1 aliphatic carbocycles. The van der Waals surface area contributed by atoms with Gasteiger partial charge >= 0.3 is 0 Å². The molecule has 1 heterocycles. The van der Waals surface area contributed by atoms with Gasteiger partial charge in [-0.3, -0.25) is 4.90 Å². The van der Waals surface area contributed by atoms with E-state index in [0.717, 1.165) is 12.0 Å². The Bertz CT molecular complexity index is 160. The zero-order valence-corrected chi connectivity index (χ0v) is 7.80. The van der Waals surface area contributed by atoms with Gasteiger partial charge in [-0.25, -0.2) is 4.39 Å². The van der Waals surface area contributed by atoms with Crippen molar-refractivity contribution in [3.8, 4) is 0 Å². The largest absolute Gasteiger partial charge is 0.297 e. The minimum absolute atomic E-state index is 0.591. The molecule has 0 aromatic rings. The second-order valence-corrected chi connectivity index (χ2v) is 4.22. The van der Waals surface area contributed by atoms with Gasteiger partial charge in [0.25, 0.3) is 0 Å². The molecule has 2 fully saturated rings.